The van der Waals surface area contributed by atoms with E-state index in [9.17, 15) is 4.79 Å². The minimum atomic E-state index is 0.0905. The van der Waals surface area contributed by atoms with Gasteiger partial charge in [0.05, 0.1) is 0 Å². The molecule has 4 fully saturated rings. The van der Waals surface area contributed by atoms with Crippen molar-refractivity contribution in [3.05, 3.63) is 46.6 Å². The van der Waals surface area contributed by atoms with Gasteiger partial charge in [0.2, 0.25) is 0 Å². The van der Waals surface area contributed by atoms with Crippen molar-refractivity contribution in [1.82, 2.24) is 0 Å². The van der Waals surface area contributed by atoms with Crippen LogP contribution < -0.4 is 0 Å². The highest BCUT2D eigenvalue weighted by Gasteiger charge is 2.53. The molecule has 34 heavy (non-hydrogen) atoms. The molecule has 0 amide bonds. The summed E-state index contributed by atoms with van der Waals surface area (Å²) in [6.07, 6.45) is 27.4. The highest BCUT2D eigenvalue weighted by molar-refractivity contribution is 5.85. The molecule has 0 aliphatic heterocycles. The second-order valence-electron chi connectivity index (χ2n) is 12.4. The van der Waals surface area contributed by atoms with Crippen LogP contribution in [0, 0.1) is 23.2 Å². The molecule has 0 aromatic rings. The zero-order valence-corrected chi connectivity index (χ0v) is 23.1. The molecule has 0 aromatic carbocycles. The van der Waals surface area contributed by atoms with Crippen LogP contribution in [-0.2, 0) is 4.79 Å². The Morgan fingerprint density at radius 3 is 1.65 bits per heavy atom. The lowest BCUT2D eigenvalue weighted by Crippen LogP contribution is -2.49. The standard InChI is InChI=1S/C33H52O/c1-6-28(16-9-15-27(5)14-8-13-26(4)12-7-11-25(2)3)17-10-18-32(34)33-22-29-19-30(23-33)21-31(20-29)24-33/h11,13,15,17,29-31H,6-10,12,14,16,18-24H2,1-5H3. The SMILES string of the molecule is CCC(=CCCC(=O)C12CC3CC(CC(C3)C1)C2)CCC=C(C)CCC=C(C)CCC=C(C)C. The molecule has 0 N–H and O–H groups in total. The molecule has 0 heterocycles. The number of allylic oxidation sites excluding steroid dienone is 8. The van der Waals surface area contributed by atoms with Crippen LogP contribution in [0.3, 0.4) is 0 Å². The molecule has 4 aliphatic rings. The van der Waals surface area contributed by atoms with E-state index in [1.54, 1.807) is 0 Å². The molecule has 0 atom stereocenters. The maximum atomic E-state index is 13.3. The van der Waals surface area contributed by atoms with E-state index in [2.05, 4.69) is 58.9 Å². The summed E-state index contributed by atoms with van der Waals surface area (Å²) in [5.41, 5.74) is 6.08. The first-order valence-electron chi connectivity index (χ1n) is 14.5. The number of carbonyl (C=O) groups excluding carboxylic acids is 1. The highest BCUT2D eigenvalue weighted by atomic mass is 16.1. The molecule has 190 valence electrons. The molecule has 0 aromatic heterocycles. The predicted octanol–water partition coefficient (Wildman–Crippen LogP) is 10.1. The van der Waals surface area contributed by atoms with E-state index in [0.29, 0.717) is 5.78 Å². The van der Waals surface area contributed by atoms with Crippen LogP contribution in [0.25, 0.3) is 0 Å². The van der Waals surface area contributed by atoms with E-state index >= 15 is 0 Å². The fraction of sp³-hybridized carbons (Fsp3) is 0.727. The maximum absolute atomic E-state index is 13.3. The first kappa shape index (κ1) is 27.2. The monoisotopic (exact) mass is 464 g/mol. The molecule has 4 rings (SSSR count). The van der Waals surface area contributed by atoms with Gasteiger partial charge >= 0.3 is 0 Å². The number of hydrogen-bond acceptors (Lipinski definition) is 1. The van der Waals surface area contributed by atoms with Gasteiger partial charge in [-0.1, -0.05) is 53.5 Å². The molecular weight excluding hydrogens is 412 g/mol. The molecule has 4 bridgehead atoms. The fourth-order valence-electron chi connectivity index (χ4n) is 7.39. The van der Waals surface area contributed by atoms with Gasteiger partial charge in [0.1, 0.15) is 5.78 Å². The van der Waals surface area contributed by atoms with Crippen molar-refractivity contribution in [2.24, 2.45) is 23.2 Å². The molecule has 4 aliphatic carbocycles. The number of hydrogen-bond donors (Lipinski definition) is 0. The molecule has 1 heteroatoms. The van der Waals surface area contributed by atoms with Crippen molar-refractivity contribution in [2.75, 3.05) is 0 Å². The van der Waals surface area contributed by atoms with E-state index in [-0.39, 0.29) is 5.41 Å². The number of ketones is 1. The summed E-state index contributed by atoms with van der Waals surface area (Å²) in [7, 11) is 0. The summed E-state index contributed by atoms with van der Waals surface area (Å²) in [5, 5.41) is 0. The Kier molecular flexibility index (Phi) is 10.5. The Labute approximate surface area is 211 Å². The van der Waals surface area contributed by atoms with Crippen LogP contribution in [0.5, 0.6) is 0 Å². The average Bonchev–Trinajstić information content (AvgIpc) is 2.76. The van der Waals surface area contributed by atoms with E-state index in [0.717, 1.165) is 56.3 Å². The smallest absolute Gasteiger partial charge is 0.139 e. The van der Waals surface area contributed by atoms with Gasteiger partial charge in [-0.15, -0.1) is 0 Å². The third kappa shape index (κ3) is 8.10. The van der Waals surface area contributed by atoms with Gasteiger partial charge in [-0.3, -0.25) is 4.79 Å². The number of carbonyl (C=O) groups is 1. The second kappa shape index (κ2) is 13.1. The Hall–Kier alpha value is -1.37. The Morgan fingerprint density at radius 2 is 1.15 bits per heavy atom. The molecule has 1 nitrogen and oxygen atoms in total. The zero-order chi connectivity index (χ0) is 24.6. The lowest BCUT2D eigenvalue weighted by atomic mass is 9.48. The Balaban J connectivity index is 1.36. The second-order valence-corrected chi connectivity index (χ2v) is 12.4. The van der Waals surface area contributed by atoms with Crippen molar-refractivity contribution < 1.29 is 4.79 Å². The lowest BCUT2D eigenvalue weighted by Gasteiger charge is -2.56. The maximum Gasteiger partial charge on any atom is 0.139 e. The summed E-state index contributed by atoms with van der Waals surface area (Å²) in [5.74, 6) is 3.22. The molecule has 0 unspecified atom stereocenters. The van der Waals surface area contributed by atoms with E-state index < -0.39 is 0 Å². The Bertz CT molecular complexity index is 763. The normalized spacial score (nSPS) is 29.0. The van der Waals surface area contributed by atoms with Gasteiger partial charge in [-0.2, -0.15) is 0 Å². The van der Waals surface area contributed by atoms with Crippen LogP contribution in [0.1, 0.15) is 131 Å². The summed E-state index contributed by atoms with van der Waals surface area (Å²) >= 11 is 0. The first-order valence-corrected chi connectivity index (χ1v) is 14.5. The van der Waals surface area contributed by atoms with E-state index in [4.69, 9.17) is 0 Å². The fourth-order valence-corrected chi connectivity index (χ4v) is 7.39. The van der Waals surface area contributed by atoms with E-state index in [1.165, 1.54) is 80.1 Å². The molecule has 4 saturated carbocycles. The van der Waals surface area contributed by atoms with Gasteiger partial charge in [-0.25, -0.2) is 0 Å². The van der Waals surface area contributed by atoms with Gasteiger partial charge in [0.25, 0.3) is 0 Å². The van der Waals surface area contributed by atoms with Crippen LogP contribution in [-0.4, -0.2) is 5.78 Å². The topological polar surface area (TPSA) is 17.1 Å². The van der Waals surface area contributed by atoms with Crippen LogP contribution in [0.4, 0.5) is 0 Å². The summed E-state index contributed by atoms with van der Waals surface area (Å²) in [6.45, 7) is 11.2. The summed E-state index contributed by atoms with van der Waals surface area (Å²) < 4.78 is 0. The van der Waals surface area contributed by atoms with Crippen LogP contribution >= 0.6 is 0 Å². The minimum Gasteiger partial charge on any atom is -0.299 e. The predicted molar refractivity (Wildman–Crippen MR) is 148 cm³/mol. The lowest BCUT2D eigenvalue weighted by molar-refractivity contribution is -0.143. The molecule has 0 saturated heterocycles. The van der Waals surface area contributed by atoms with Crippen LogP contribution in [0.15, 0.2) is 46.6 Å². The van der Waals surface area contributed by atoms with Crippen molar-refractivity contribution in [3.8, 4) is 0 Å². The average molecular weight is 465 g/mol. The molecular formula is C33H52O. The third-order valence-electron chi connectivity index (χ3n) is 8.97. The zero-order valence-electron chi connectivity index (χ0n) is 23.1. The third-order valence-corrected chi connectivity index (χ3v) is 8.97. The van der Waals surface area contributed by atoms with E-state index in [1.807, 2.05) is 0 Å². The summed E-state index contributed by atoms with van der Waals surface area (Å²) in [4.78, 5) is 13.3. The van der Waals surface area contributed by atoms with Gasteiger partial charge in [0, 0.05) is 11.8 Å². The van der Waals surface area contributed by atoms with Crippen molar-refractivity contribution >= 4 is 5.78 Å². The van der Waals surface area contributed by atoms with Crippen molar-refractivity contribution in [1.29, 1.82) is 0 Å². The van der Waals surface area contributed by atoms with Crippen LogP contribution in [0.2, 0.25) is 0 Å². The highest BCUT2D eigenvalue weighted by Crippen LogP contribution is 2.60. The number of rotatable bonds is 14. The summed E-state index contributed by atoms with van der Waals surface area (Å²) in [6, 6.07) is 0. The Morgan fingerprint density at radius 1 is 0.676 bits per heavy atom. The van der Waals surface area contributed by atoms with Gasteiger partial charge < -0.3 is 0 Å². The van der Waals surface area contributed by atoms with Gasteiger partial charge in [0.15, 0.2) is 0 Å². The van der Waals surface area contributed by atoms with Crippen molar-refractivity contribution in [3.63, 3.8) is 0 Å². The quantitative estimate of drug-likeness (QED) is 0.234. The van der Waals surface area contributed by atoms with Gasteiger partial charge in [-0.05, 0) is 135 Å². The first-order chi connectivity index (χ1) is 16.3. The molecule has 0 radical (unpaired) electrons. The number of Topliss-reactive ketones (excluding diaryl/α,β-unsaturated/α-hetero) is 1. The molecule has 0 spiro atoms. The largest absolute Gasteiger partial charge is 0.299 e. The minimum absolute atomic E-state index is 0.0905. The van der Waals surface area contributed by atoms with Crippen molar-refractivity contribution in [2.45, 2.75) is 131 Å².